The normalized spacial score (nSPS) is 14.4. The fourth-order valence-corrected chi connectivity index (χ4v) is 3.82. The average molecular weight is 309 g/mol. The molecule has 0 bridgehead atoms. The molecule has 0 aromatic rings. The zero-order chi connectivity index (χ0) is 15.6. The molecule has 0 aliphatic carbocycles. The Bertz CT molecular complexity index is 337. The SMILES string of the molecule is CCCC(CCC)(COC(C)COCC)CS(N)(=O)=O. The molecule has 0 aromatic carbocycles. The van der Waals surface area contributed by atoms with Crippen LogP contribution in [0.1, 0.15) is 53.4 Å². The van der Waals surface area contributed by atoms with E-state index in [-0.39, 0.29) is 17.3 Å². The monoisotopic (exact) mass is 309 g/mol. The largest absolute Gasteiger partial charge is 0.379 e. The van der Waals surface area contributed by atoms with Gasteiger partial charge in [-0.3, -0.25) is 0 Å². The Balaban J connectivity index is 4.72. The molecule has 0 amide bonds. The van der Waals surface area contributed by atoms with E-state index in [1.807, 2.05) is 13.8 Å². The van der Waals surface area contributed by atoms with Crippen molar-refractivity contribution in [1.82, 2.24) is 0 Å². The minimum atomic E-state index is -3.50. The summed E-state index contributed by atoms with van der Waals surface area (Å²) in [4.78, 5) is 0. The fraction of sp³-hybridized carbons (Fsp3) is 1.00. The van der Waals surface area contributed by atoms with Crippen LogP contribution in [-0.4, -0.2) is 40.1 Å². The van der Waals surface area contributed by atoms with Gasteiger partial charge in [-0.25, -0.2) is 13.6 Å². The number of hydrogen-bond donors (Lipinski definition) is 1. The van der Waals surface area contributed by atoms with Gasteiger partial charge in [0, 0.05) is 12.0 Å². The Kier molecular flexibility index (Phi) is 9.63. The van der Waals surface area contributed by atoms with E-state index in [1.54, 1.807) is 0 Å². The first kappa shape index (κ1) is 19.8. The molecule has 122 valence electrons. The highest BCUT2D eigenvalue weighted by atomic mass is 32.2. The minimum Gasteiger partial charge on any atom is -0.379 e. The summed E-state index contributed by atoms with van der Waals surface area (Å²) in [6.45, 7) is 9.58. The molecule has 0 aliphatic heterocycles. The molecular weight excluding hydrogens is 278 g/mol. The number of hydrogen-bond acceptors (Lipinski definition) is 4. The molecule has 6 heteroatoms. The highest BCUT2D eigenvalue weighted by Gasteiger charge is 2.33. The van der Waals surface area contributed by atoms with Gasteiger partial charge in [0.25, 0.3) is 0 Å². The lowest BCUT2D eigenvalue weighted by Crippen LogP contribution is -2.39. The van der Waals surface area contributed by atoms with Gasteiger partial charge in [-0.2, -0.15) is 0 Å². The molecule has 0 aromatic heterocycles. The zero-order valence-corrected chi connectivity index (χ0v) is 14.2. The smallest absolute Gasteiger partial charge is 0.209 e. The third kappa shape index (κ3) is 8.89. The Morgan fingerprint density at radius 3 is 2.10 bits per heavy atom. The molecule has 5 nitrogen and oxygen atoms in total. The van der Waals surface area contributed by atoms with Gasteiger partial charge in [0.2, 0.25) is 10.0 Å². The maximum atomic E-state index is 11.5. The van der Waals surface area contributed by atoms with Gasteiger partial charge in [-0.1, -0.05) is 26.7 Å². The molecule has 0 rings (SSSR count). The highest BCUT2D eigenvalue weighted by molar-refractivity contribution is 7.89. The van der Waals surface area contributed by atoms with E-state index in [4.69, 9.17) is 14.6 Å². The van der Waals surface area contributed by atoms with E-state index in [9.17, 15) is 8.42 Å². The summed E-state index contributed by atoms with van der Waals surface area (Å²) in [7, 11) is -3.50. The predicted molar refractivity (Wildman–Crippen MR) is 82.1 cm³/mol. The van der Waals surface area contributed by atoms with Crippen molar-refractivity contribution in [3.8, 4) is 0 Å². The number of nitrogens with two attached hydrogens (primary N) is 1. The molecule has 0 spiro atoms. The Morgan fingerprint density at radius 1 is 1.15 bits per heavy atom. The van der Waals surface area contributed by atoms with E-state index in [0.29, 0.717) is 19.8 Å². The highest BCUT2D eigenvalue weighted by Crippen LogP contribution is 2.32. The second-order valence-electron chi connectivity index (χ2n) is 5.59. The first-order valence-corrected chi connectivity index (χ1v) is 9.20. The fourth-order valence-electron chi connectivity index (χ4n) is 2.59. The number of primary sulfonamides is 1. The van der Waals surface area contributed by atoms with Crippen molar-refractivity contribution in [3.05, 3.63) is 0 Å². The zero-order valence-electron chi connectivity index (χ0n) is 13.4. The molecule has 0 saturated carbocycles. The summed E-state index contributed by atoms with van der Waals surface area (Å²) < 4.78 is 34.2. The maximum Gasteiger partial charge on any atom is 0.209 e. The third-order valence-corrected chi connectivity index (χ3v) is 4.31. The lowest BCUT2D eigenvalue weighted by Gasteiger charge is -2.33. The van der Waals surface area contributed by atoms with Crippen LogP contribution in [0.2, 0.25) is 0 Å². The topological polar surface area (TPSA) is 78.6 Å². The van der Waals surface area contributed by atoms with Gasteiger partial charge < -0.3 is 9.47 Å². The van der Waals surface area contributed by atoms with Crippen LogP contribution in [0, 0.1) is 5.41 Å². The molecule has 0 aliphatic rings. The van der Waals surface area contributed by atoms with Crippen LogP contribution in [0.15, 0.2) is 0 Å². The second kappa shape index (κ2) is 9.71. The predicted octanol–water partition coefficient (Wildman–Crippen LogP) is 2.30. The van der Waals surface area contributed by atoms with Crippen LogP contribution >= 0.6 is 0 Å². The number of sulfonamides is 1. The van der Waals surface area contributed by atoms with Crippen molar-refractivity contribution >= 4 is 10.0 Å². The van der Waals surface area contributed by atoms with Crippen molar-refractivity contribution in [2.45, 2.75) is 59.5 Å². The standard InChI is InChI=1S/C14H31NO4S/c1-5-8-14(9-6-2,12-20(15,16)17)11-19-13(4)10-18-7-3/h13H,5-12H2,1-4H3,(H2,15,16,17). The Hall–Kier alpha value is -0.170. The molecule has 0 fully saturated rings. The molecular formula is C14H31NO4S. The van der Waals surface area contributed by atoms with Gasteiger partial charge in [0.05, 0.1) is 25.1 Å². The summed E-state index contributed by atoms with van der Waals surface area (Å²) in [5.74, 6) is -0.0109. The van der Waals surface area contributed by atoms with E-state index >= 15 is 0 Å². The van der Waals surface area contributed by atoms with E-state index in [2.05, 4.69) is 13.8 Å². The van der Waals surface area contributed by atoms with Crippen molar-refractivity contribution in [2.75, 3.05) is 25.6 Å². The molecule has 2 N–H and O–H groups in total. The summed E-state index contributed by atoms with van der Waals surface area (Å²) in [6, 6.07) is 0. The minimum absolute atomic E-state index is 0.0109. The van der Waals surface area contributed by atoms with Gasteiger partial charge in [0.15, 0.2) is 0 Å². The van der Waals surface area contributed by atoms with E-state index in [1.165, 1.54) is 0 Å². The van der Waals surface area contributed by atoms with Crippen molar-refractivity contribution in [2.24, 2.45) is 10.6 Å². The summed E-state index contributed by atoms with van der Waals surface area (Å²) in [5.41, 5.74) is -0.377. The van der Waals surface area contributed by atoms with E-state index in [0.717, 1.165) is 25.7 Å². The van der Waals surface area contributed by atoms with Crippen LogP contribution < -0.4 is 5.14 Å². The maximum absolute atomic E-state index is 11.5. The third-order valence-electron chi connectivity index (χ3n) is 3.30. The number of rotatable bonds is 12. The summed E-state index contributed by atoms with van der Waals surface area (Å²) in [5, 5.41) is 5.26. The van der Waals surface area contributed by atoms with Crippen LogP contribution in [0.25, 0.3) is 0 Å². The van der Waals surface area contributed by atoms with Crippen LogP contribution in [0.3, 0.4) is 0 Å². The van der Waals surface area contributed by atoms with Gasteiger partial charge in [-0.15, -0.1) is 0 Å². The van der Waals surface area contributed by atoms with Crippen LogP contribution in [0.4, 0.5) is 0 Å². The second-order valence-corrected chi connectivity index (χ2v) is 7.20. The van der Waals surface area contributed by atoms with Crippen LogP contribution in [0.5, 0.6) is 0 Å². The summed E-state index contributed by atoms with van der Waals surface area (Å²) >= 11 is 0. The Morgan fingerprint density at radius 2 is 1.70 bits per heavy atom. The lowest BCUT2D eigenvalue weighted by atomic mass is 9.82. The molecule has 0 saturated heterocycles. The van der Waals surface area contributed by atoms with Crippen molar-refractivity contribution in [3.63, 3.8) is 0 Å². The van der Waals surface area contributed by atoms with Gasteiger partial charge >= 0.3 is 0 Å². The molecule has 0 radical (unpaired) electrons. The van der Waals surface area contributed by atoms with Crippen molar-refractivity contribution in [1.29, 1.82) is 0 Å². The quantitative estimate of drug-likeness (QED) is 0.600. The molecule has 1 atom stereocenters. The van der Waals surface area contributed by atoms with Gasteiger partial charge in [-0.05, 0) is 26.7 Å². The van der Waals surface area contributed by atoms with E-state index < -0.39 is 10.0 Å². The molecule has 0 heterocycles. The Labute approximate surface area is 124 Å². The first-order chi connectivity index (χ1) is 9.28. The average Bonchev–Trinajstić information content (AvgIpc) is 2.32. The van der Waals surface area contributed by atoms with Crippen molar-refractivity contribution < 1.29 is 17.9 Å². The lowest BCUT2D eigenvalue weighted by molar-refractivity contribution is -0.0406. The molecule has 1 unspecified atom stereocenters. The first-order valence-electron chi connectivity index (χ1n) is 7.48. The molecule has 20 heavy (non-hydrogen) atoms. The van der Waals surface area contributed by atoms with Gasteiger partial charge in [0.1, 0.15) is 0 Å². The van der Waals surface area contributed by atoms with Crippen LogP contribution in [-0.2, 0) is 19.5 Å². The number of ether oxygens (including phenoxy) is 2. The summed E-state index contributed by atoms with van der Waals surface area (Å²) in [6.07, 6.45) is 3.40.